The van der Waals surface area contributed by atoms with Gasteiger partial charge in [0.25, 0.3) is 10.0 Å². The highest BCUT2D eigenvalue weighted by molar-refractivity contribution is 7.92. The lowest BCUT2D eigenvalue weighted by Crippen LogP contribution is -2.16. The fourth-order valence-electron chi connectivity index (χ4n) is 1.82. The number of pyridine rings is 1. The molecule has 0 saturated heterocycles. The van der Waals surface area contributed by atoms with Crippen molar-refractivity contribution in [2.75, 3.05) is 4.72 Å². The molecule has 0 unspecified atom stereocenters. The van der Waals surface area contributed by atoms with Gasteiger partial charge in [0.1, 0.15) is 9.88 Å². The van der Waals surface area contributed by atoms with Crippen molar-refractivity contribution in [3.63, 3.8) is 0 Å². The van der Waals surface area contributed by atoms with Crippen LogP contribution in [0.3, 0.4) is 0 Å². The second kappa shape index (κ2) is 5.79. The molecule has 0 aliphatic carbocycles. The normalized spacial score (nSPS) is 11.1. The van der Waals surface area contributed by atoms with Crippen LogP contribution in [0.25, 0.3) is 0 Å². The molecule has 5 nitrogen and oxygen atoms in total. The van der Waals surface area contributed by atoms with E-state index in [9.17, 15) is 8.42 Å². The number of benzene rings is 1. The number of rotatable bonds is 4. The maximum atomic E-state index is 12.3. The molecule has 7 heteroatoms. The Hall–Kier alpha value is -1.99. The van der Waals surface area contributed by atoms with Gasteiger partial charge >= 0.3 is 0 Å². The molecule has 0 aliphatic rings. The smallest absolute Gasteiger partial charge is 0.263 e. The summed E-state index contributed by atoms with van der Waals surface area (Å²) in [5.41, 5.74) is 8.28. The van der Waals surface area contributed by atoms with Crippen molar-refractivity contribution in [2.24, 2.45) is 5.73 Å². The summed E-state index contributed by atoms with van der Waals surface area (Å²) in [7, 11) is -3.69. The fraction of sp³-hybridized carbons (Fsp3) is 0.143. The number of hydrogen-bond donors (Lipinski definition) is 2. The largest absolute Gasteiger partial charge is 0.388 e. The molecule has 1 heterocycles. The quantitative estimate of drug-likeness (QED) is 0.843. The summed E-state index contributed by atoms with van der Waals surface area (Å²) < 4.78 is 27.2. The van der Waals surface area contributed by atoms with Crippen LogP contribution in [0.1, 0.15) is 16.8 Å². The average Bonchev–Trinajstić information content (AvgIpc) is 2.42. The Kier molecular flexibility index (Phi) is 4.24. The van der Waals surface area contributed by atoms with Crippen molar-refractivity contribution in [2.45, 2.75) is 18.7 Å². The van der Waals surface area contributed by atoms with Crippen LogP contribution >= 0.6 is 12.2 Å². The molecule has 0 radical (unpaired) electrons. The zero-order valence-electron chi connectivity index (χ0n) is 11.6. The Morgan fingerprint density at radius 2 is 1.95 bits per heavy atom. The van der Waals surface area contributed by atoms with Crippen LogP contribution in [0.15, 0.2) is 41.4 Å². The molecule has 3 N–H and O–H groups in total. The summed E-state index contributed by atoms with van der Waals surface area (Å²) in [6.07, 6.45) is 1.24. The average molecular weight is 321 g/mol. The van der Waals surface area contributed by atoms with Gasteiger partial charge in [-0.25, -0.2) is 8.42 Å². The van der Waals surface area contributed by atoms with E-state index in [-0.39, 0.29) is 9.88 Å². The molecule has 0 fully saturated rings. The number of aryl methyl sites for hydroxylation is 2. The van der Waals surface area contributed by atoms with E-state index >= 15 is 0 Å². The molecule has 21 heavy (non-hydrogen) atoms. The summed E-state index contributed by atoms with van der Waals surface area (Å²) in [6, 6.07) is 8.40. The van der Waals surface area contributed by atoms with E-state index in [1.165, 1.54) is 18.3 Å². The number of nitrogens with two attached hydrogens (primary N) is 1. The Morgan fingerprint density at radius 1 is 1.24 bits per heavy atom. The van der Waals surface area contributed by atoms with Gasteiger partial charge in [-0.1, -0.05) is 29.9 Å². The van der Waals surface area contributed by atoms with Gasteiger partial charge < -0.3 is 5.73 Å². The molecule has 2 rings (SSSR count). The second-order valence-corrected chi connectivity index (χ2v) is 6.79. The maximum absolute atomic E-state index is 12.3. The van der Waals surface area contributed by atoms with Crippen LogP contribution in [-0.4, -0.2) is 18.4 Å². The van der Waals surface area contributed by atoms with Gasteiger partial charge in [-0.2, -0.15) is 0 Å². The third-order valence-electron chi connectivity index (χ3n) is 2.93. The molecule has 1 aromatic carbocycles. The van der Waals surface area contributed by atoms with Crippen LogP contribution in [0, 0.1) is 13.8 Å². The van der Waals surface area contributed by atoms with Crippen LogP contribution in [0.4, 0.5) is 5.69 Å². The molecule has 0 atom stereocenters. The zero-order chi connectivity index (χ0) is 15.6. The van der Waals surface area contributed by atoms with Crippen molar-refractivity contribution in [3.05, 3.63) is 53.3 Å². The highest BCUT2D eigenvalue weighted by Gasteiger charge is 2.16. The fourth-order valence-corrected chi connectivity index (χ4v) is 3.01. The molecule has 1 aromatic heterocycles. The van der Waals surface area contributed by atoms with Gasteiger partial charge in [-0.3, -0.25) is 9.71 Å². The van der Waals surface area contributed by atoms with Gasteiger partial charge in [-0.15, -0.1) is 0 Å². The predicted octanol–water partition coefficient (Wildman–Crippen LogP) is 2.13. The first-order valence-corrected chi connectivity index (χ1v) is 8.04. The Morgan fingerprint density at radius 3 is 2.48 bits per heavy atom. The van der Waals surface area contributed by atoms with E-state index in [4.69, 9.17) is 18.0 Å². The minimum atomic E-state index is -3.69. The van der Waals surface area contributed by atoms with Gasteiger partial charge in [0.05, 0.1) is 11.4 Å². The minimum absolute atomic E-state index is 0.0578. The highest BCUT2D eigenvalue weighted by atomic mass is 32.2. The minimum Gasteiger partial charge on any atom is -0.388 e. The summed E-state index contributed by atoms with van der Waals surface area (Å²) >= 11 is 4.78. The third kappa shape index (κ3) is 3.56. The molecule has 0 bridgehead atoms. The van der Waals surface area contributed by atoms with Crippen LogP contribution < -0.4 is 10.5 Å². The number of hydrogen-bond acceptors (Lipinski definition) is 4. The van der Waals surface area contributed by atoms with Gasteiger partial charge in [0, 0.05) is 6.20 Å². The van der Waals surface area contributed by atoms with Crippen molar-refractivity contribution in [1.29, 1.82) is 0 Å². The first kappa shape index (κ1) is 15.4. The van der Waals surface area contributed by atoms with E-state index in [1.54, 1.807) is 6.07 Å². The second-order valence-electron chi connectivity index (χ2n) is 4.67. The molecule has 0 spiro atoms. The lowest BCUT2D eigenvalue weighted by molar-refractivity contribution is 0.600. The summed E-state index contributed by atoms with van der Waals surface area (Å²) in [5.74, 6) is 0. The summed E-state index contributed by atoms with van der Waals surface area (Å²) in [4.78, 5) is 4.12. The SMILES string of the molecule is Cc1ccc(NS(=O)(=O)c2ccc(C(N)=S)nc2)c(C)c1. The zero-order valence-corrected chi connectivity index (χ0v) is 13.3. The Balaban J connectivity index is 2.31. The van der Waals surface area contributed by atoms with Gasteiger partial charge in [0.15, 0.2) is 0 Å². The maximum Gasteiger partial charge on any atom is 0.263 e. The van der Waals surface area contributed by atoms with Crippen molar-refractivity contribution in [3.8, 4) is 0 Å². The van der Waals surface area contributed by atoms with Crippen LogP contribution in [0.2, 0.25) is 0 Å². The lowest BCUT2D eigenvalue weighted by atomic mass is 10.1. The van der Waals surface area contributed by atoms with Crippen LogP contribution in [-0.2, 0) is 10.0 Å². The number of anilines is 1. The van der Waals surface area contributed by atoms with Gasteiger partial charge in [-0.05, 0) is 37.6 Å². The number of nitrogens with one attached hydrogen (secondary N) is 1. The van der Waals surface area contributed by atoms with E-state index < -0.39 is 10.0 Å². The molecule has 0 amide bonds. The standard InChI is InChI=1S/C14H15N3O2S2/c1-9-3-5-12(10(2)7-9)17-21(18,19)11-4-6-13(14(15)20)16-8-11/h3-8,17H,1-2H3,(H2,15,20). The van der Waals surface area contributed by atoms with Crippen molar-refractivity contribution in [1.82, 2.24) is 4.98 Å². The number of thiocarbonyl (C=S) groups is 1. The number of aromatic nitrogens is 1. The third-order valence-corrected chi connectivity index (χ3v) is 4.49. The topological polar surface area (TPSA) is 85.1 Å². The summed E-state index contributed by atoms with van der Waals surface area (Å²) in [5, 5.41) is 0. The van der Waals surface area contributed by atoms with Crippen LogP contribution in [0.5, 0.6) is 0 Å². The van der Waals surface area contributed by atoms with E-state index in [2.05, 4.69) is 9.71 Å². The predicted molar refractivity (Wildman–Crippen MR) is 86.8 cm³/mol. The molecular weight excluding hydrogens is 306 g/mol. The Labute approximate surface area is 129 Å². The summed E-state index contributed by atoms with van der Waals surface area (Å²) in [6.45, 7) is 3.79. The van der Waals surface area contributed by atoms with Gasteiger partial charge in [0.2, 0.25) is 0 Å². The van der Waals surface area contributed by atoms with E-state index in [0.29, 0.717) is 11.4 Å². The molecule has 2 aromatic rings. The highest BCUT2D eigenvalue weighted by Crippen LogP contribution is 2.20. The van der Waals surface area contributed by atoms with Crippen molar-refractivity contribution < 1.29 is 8.42 Å². The molecule has 110 valence electrons. The molecule has 0 saturated carbocycles. The lowest BCUT2D eigenvalue weighted by Gasteiger charge is -2.11. The van der Waals surface area contributed by atoms with E-state index in [1.807, 2.05) is 26.0 Å². The molecule has 0 aliphatic heterocycles. The van der Waals surface area contributed by atoms with E-state index in [0.717, 1.165) is 11.1 Å². The van der Waals surface area contributed by atoms with Crippen molar-refractivity contribution >= 4 is 32.9 Å². The monoisotopic (exact) mass is 321 g/mol. The first-order valence-electron chi connectivity index (χ1n) is 6.15. The number of nitrogens with zero attached hydrogens (tertiary/aromatic N) is 1. The number of sulfonamides is 1. The molecular formula is C14H15N3O2S2. The Bertz CT molecular complexity index is 784. The first-order chi connectivity index (χ1) is 9.79.